The number of alkyl halides is 3. The predicted octanol–water partition coefficient (Wildman–Crippen LogP) is 4.33. The molecule has 4 rings (SSSR count). The number of carbonyl (C=O) groups is 2. The van der Waals surface area contributed by atoms with E-state index in [9.17, 15) is 22.8 Å². The molecule has 152 valence electrons. The van der Waals surface area contributed by atoms with Crippen molar-refractivity contribution >= 4 is 34.5 Å². The third kappa shape index (κ3) is 3.79. The first-order valence-corrected chi connectivity index (χ1v) is 9.41. The van der Waals surface area contributed by atoms with Gasteiger partial charge >= 0.3 is 6.18 Å². The molecule has 30 heavy (non-hydrogen) atoms. The third-order valence-electron chi connectivity index (χ3n) is 4.13. The van der Waals surface area contributed by atoms with E-state index in [0.717, 1.165) is 6.07 Å². The van der Waals surface area contributed by atoms with E-state index in [2.05, 4.69) is 20.4 Å². The number of thiophene rings is 1. The fraction of sp³-hybridized carbons (Fsp3) is 0.105. The second-order valence-electron chi connectivity index (χ2n) is 6.24. The molecule has 0 radical (unpaired) electrons. The summed E-state index contributed by atoms with van der Waals surface area (Å²) in [7, 11) is 0. The van der Waals surface area contributed by atoms with Crippen LogP contribution >= 0.6 is 11.3 Å². The number of halogens is 3. The molecule has 4 aromatic rings. The number of nitrogens with zero attached hydrogens (tertiary/aromatic N) is 4. The summed E-state index contributed by atoms with van der Waals surface area (Å²) in [6.45, 7) is 1.41. The smallest absolute Gasteiger partial charge is 0.319 e. The number of anilines is 1. The Labute approximate surface area is 171 Å². The number of ketones is 1. The van der Waals surface area contributed by atoms with Crippen molar-refractivity contribution in [1.29, 1.82) is 0 Å². The lowest BCUT2D eigenvalue weighted by Gasteiger charge is -2.09. The first kappa shape index (κ1) is 19.7. The van der Waals surface area contributed by atoms with Gasteiger partial charge in [0.15, 0.2) is 11.5 Å². The number of hydrogen-bond donors (Lipinski definition) is 1. The van der Waals surface area contributed by atoms with Gasteiger partial charge < -0.3 is 5.32 Å². The van der Waals surface area contributed by atoms with E-state index >= 15 is 0 Å². The van der Waals surface area contributed by atoms with Gasteiger partial charge in [0.1, 0.15) is 0 Å². The van der Waals surface area contributed by atoms with E-state index in [1.165, 1.54) is 42.5 Å². The molecule has 0 saturated carbocycles. The average Bonchev–Trinajstić information content (AvgIpc) is 3.36. The number of nitrogens with one attached hydrogen (secondary N) is 1. The van der Waals surface area contributed by atoms with Crippen LogP contribution in [0.4, 0.5) is 18.9 Å². The zero-order valence-electron chi connectivity index (χ0n) is 15.3. The largest absolute Gasteiger partial charge is 0.433 e. The minimum absolute atomic E-state index is 0.0870. The second-order valence-corrected chi connectivity index (χ2v) is 7.18. The maximum Gasteiger partial charge on any atom is 0.433 e. The summed E-state index contributed by atoms with van der Waals surface area (Å²) in [6.07, 6.45) is -4.73. The minimum atomic E-state index is -4.73. The summed E-state index contributed by atoms with van der Waals surface area (Å²) in [5.74, 6) is -1.75. The fourth-order valence-corrected chi connectivity index (χ4v) is 3.38. The minimum Gasteiger partial charge on any atom is -0.319 e. The van der Waals surface area contributed by atoms with Gasteiger partial charge in [-0.05, 0) is 48.7 Å². The summed E-state index contributed by atoms with van der Waals surface area (Å²) in [5.41, 5.74) is -0.205. The van der Waals surface area contributed by atoms with Gasteiger partial charge in [0.25, 0.3) is 11.7 Å². The molecule has 3 heterocycles. The summed E-state index contributed by atoms with van der Waals surface area (Å²) >= 11 is 1.23. The van der Waals surface area contributed by atoms with Gasteiger partial charge in [-0.2, -0.15) is 22.7 Å². The van der Waals surface area contributed by atoms with Crippen LogP contribution in [0.25, 0.3) is 16.3 Å². The van der Waals surface area contributed by atoms with Crippen LogP contribution in [0, 0.1) is 0 Å². The monoisotopic (exact) mass is 431 g/mol. The Bertz CT molecular complexity index is 1250. The highest BCUT2D eigenvalue weighted by Gasteiger charge is 2.36. The van der Waals surface area contributed by atoms with Crippen LogP contribution < -0.4 is 5.32 Å². The maximum atomic E-state index is 13.6. The van der Waals surface area contributed by atoms with Gasteiger partial charge in [0.2, 0.25) is 5.82 Å². The van der Waals surface area contributed by atoms with Gasteiger partial charge in [-0.3, -0.25) is 9.59 Å². The van der Waals surface area contributed by atoms with E-state index < -0.39 is 23.6 Å². The highest BCUT2D eigenvalue weighted by Crippen LogP contribution is 2.33. The fourth-order valence-electron chi connectivity index (χ4n) is 2.69. The van der Waals surface area contributed by atoms with Crippen molar-refractivity contribution < 1.29 is 22.8 Å². The highest BCUT2D eigenvalue weighted by atomic mass is 32.1. The molecule has 0 spiro atoms. The van der Waals surface area contributed by atoms with Crippen molar-refractivity contribution in [3.63, 3.8) is 0 Å². The molecular weight excluding hydrogens is 419 g/mol. The number of fused-ring (bicyclic) bond motifs is 1. The number of rotatable bonds is 4. The molecular formula is C19H12F3N5O2S. The summed E-state index contributed by atoms with van der Waals surface area (Å²) in [6, 6.07) is 10.2. The van der Waals surface area contributed by atoms with Crippen LogP contribution in [-0.4, -0.2) is 31.3 Å². The average molecular weight is 431 g/mol. The summed E-state index contributed by atoms with van der Waals surface area (Å²) < 4.78 is 41.2. The number of benzene rings is 1. The van der Waals surface area contributed by atoms with Crippen LogP contribution in [-0.2, 0) is 6.18 Å². The zero-order valence-corrected chi connectivity index (χ0v) is 16.1. The zero-order chi connectivity index (χ0) is 21.5. The molecule has 0 aliphatic carbocycles. The van der Waals surface area contributed by atoms with Gasteiger partial charge in [-0.1, -0.05) is 6.07 Å². The van der Waals surface area contributed by atoms with Gasteiger partial charge in [-0.15, -0.1) is 16.4 Å². The Morgan fingerprint density at radius 2 is 1.83 bits per heavy atom. The number of hydrogen-bond acceptors (Lipinski definition) is 6. The van der Waals surface area contributed by atoms with Crippen LogP contribution in [0.5, 0.6) is 0 Å². The molecule has 0 atom stereocenters. The van der Waals surface area contributed by atoms with Crippen molar-refractivity contribution in [3.05, 3.63) is 64.9 Å². The molecule has 1 aromatic carbocycles. The molecule has 0 fully saturated rings. The molecule has 1 amide bonds. The molecule has 3 aromatic heterocycles. The van der Waals surface area contributed by atoms with Crippen LogP contribution in [0.3, 0.4) is 0 Å². The topological polar surface area (TPSA) is 89.2 Å². The number of Topliss-reactive ketones (excluding diaryl/α,β-unsaturated/α-hetero) is 1. The normalized spacial score (nSPS) is 11.6. The molecule has 7 nitrogen and oxygen atoms in total. The Morgan fingerprint density at radius 1 is 1.10 bits per heavy atom. The van der Waals surface area contributed by atoms with Crippen molar-refractivity contribution in [3.8, 4) is 10.6 Å². The SMILES string of the molecule is CC(=O)c1ccc(NC(=O)c2nc3nc(-c4cccs4)cc(C(F)(F)F)n3n2)cc1. The van der Waals surface area contributed by atoms with E-state index in [-0.39, 0.29) is 17.3 Å². The van der Waals surface area contributed by atoms with E-state index in [1.54, 1.807) is 17.5 Å². The van der Waals surface area contributed by atoms with Gasteiger partial charge in [-0.25, -0.2) is 4.98 Å². The predicted molar refractivity (Wildman–Crippen MR) is 103 cm³/mol. The quantitative estimate of drug-likeness (QED) is 0.486. The molecule has 1 N–H and O–H groups in total. The van der Waals surface area contributed by atoms with Gasteiger partial charge in [0.05, 0.1) is 10.6 Å². The van der Waals surface area contributed by atoms with E-state index in [0.29, 0.717) is 20.6 Å². The number of amides is 1. The Kier molecular flexibility index (Phi) is 4.82. The molecule has 0 saturated heterocycles. The molecule has 0 bridgehead atoms. The molecule has 0 unspecified atom stereocenters. The number of carbonyl (C=O) groups excluding carboxylic acids is 2. The van der Waals surface area contributed by atoms with E-state index in [1.807, 2.05) is 0 Å². The Hall–Kier alpha value is -3.60. The lowest BCUT2D eigenvalue weighted by Crippen LogP contribution is -2.16. The van der Waals surface area contributed by atoms with E-state index in [4.69, 9.17) is 0 Å². The number of aromatic nitrogens is 4. The van der Waals surface area contributed by atoms with Crippen LogP contribution in [0.2, 0.25) is 0 Å². The van der Waals surface area contributed by atoms with Crippen LogP contribution in [0.1, 0.15) is 33.6 Å². The van der Waals surface area contributed by atoms with Crippen molar-refractivity contribution in [1.82, 2.24) is 19.6 Å². The summed E-state index contributed by atoms with van der Waals surface area (Å²) in [5, 5.41) is 7.91. The lowest BCUT2D eigenvalue weighted by molar-refractivity contribution is -0.142. The molecule has 0 aliphatic heterocycles. The first-order valence-electron chi connectivity index (χ1n) is 8.53. The highest BCUT2D eigenvalue weighted by molar-refractivity contribution is 7.13. The van der Waals surface area contributed by atoms with Crippen LogP contribution in [0.15, 0.2) is 47.8 Å². The Balaban J connectivity index is 1.71. The van der Waals surface area contributed by atoms with Crippen molar-refractivity contribution in [2.75, 3.05) is 5.32 Å². The standard InChI is InChI=1S/C19H12F3N5O2S/c1-10(28)11-4-6-12(7-5-11)23-17(29)16-25-18-24-13(14-3-2-8-30-14)9-15(19(20,21)22)27(18)26-16/h2-9H,1H3,(H,23,29). The maximum absolute atomic E-state index is 13.6. The Morgan fingerprint density at radius 3 is 2.43 bits per heavy atom. The second kappa shape index (κ2) is 7.34. The first-order chi connectivity index (χ1) is 14.2. The van der Waals surface area contributed by atoms with Crippen molar-refractivity contribution in [2.24, 2.45) is 0 Å². The van der Waals surface area contributed by atoms with Crippen molar-refractivity contribution in [2.45, 2.75) is 13.1 Å². The van der Waals surface area contributed by atoms with Gasteiger partial charge in [0, 0.05) is 11.3 Å². The lowest BCUT2D eigenvalue weighted by atomic mass is 10.1. The third-order valence-corrected chi connectivity index (χ3v) is 5.02. The molecule has 11 heteroatoms. The summed E-state index contributed by atoms with van der Waals surface area (Å²) in [4.78, 5) is 32.3. The molecule has 0 aliphatic rings.